The molecule has 0 aliphatic rings. The maximum atomic E-state index is 13.3. The highest BCUT2D eigenvalue weighted by Gasteiger charge is 2.31. The molecule has 2 N–H and O–H groups in total. The van der Waals surface area contributed by atoms with Gasteiger partial charge in [0, 0.05) is 13.1 Å². The average Bonchev–Trinajstić information content (AvgIpc) is 3.33. The summed E-state index contributed by atoms with van der Waals surface area (Å²) in [6.45, 7) is 6.03. The number of nitrogens with zero attached hydrogens (tertiary/aromatic N) is 2. The largest absolute Gasteiger partial charge is 0.477 e. The molecule has 0 aliphatic carbocycles. The number of benzene rings is 2. The number of ether oxygens (including phenoxy) is 1. The van der Waals surface area contributed by atoms with E-state index in [0.29, 0.717) is 6.42 Å². The monoisotopic (exact) mass is 463 g/mol. The van der Waals surface area contributed by atoms with Crippen molar-refractivity contribution < 1.29 is 24.2 Å². The van der Waals surface area contributed by atoms with E-state index in [1.54, 1.807) is 20.8 Å². The van der Waals surface area contributed by atoms with Crippen LogP contribution in [0.25, 0.3) is 11.1 Å². The molecule has 8 heteroatoms. The summed E-state index contributed by atoms with van der Waals surface area (Å²) in [5.41, 5.74) is 1.91. The van der Waals surface area contributed by atoms with Crippen molar-refractivity contribution in [2.24, 2.45) is 5.41 Å². The lowest BCUT2D eigenvalue weighted by Crippen LogP contribution is -2.37. The number of amides is 1. The van der Waals surface area contributed by atoms with E-state index in [0.717, 1.165) is 16.7 Å². The van der Waals surface area contributed by atoms with Crippen LogP contribution < -0.4 is 0 Å². The van der Waals surface area contributed by atoms with Gasteiger partial charge in [-0.15, -0.1) is 0 Å². The third kappa shape index (κ3) is 5.89. The highest BCUT2D eigenvalue weighted by Crippen LogP contribution is 2.25. The van der Waals surface area contributed by atoms with Crippen LogP contribution in [-0.4, -0.2) is 51.2 Å². The minimum absolute atomic E-state index is 0.0256. The molecule has 0 saturated carbocycles. The molecule has 0 radical (unpaired) electrons. The second-order valence-corrected chi connectivity index (χ2v) is 8.61. The Kier molecular flexibility index (Phi) is 7.83. The normalized spacial score (nSPS) is 11.1. The third-order valence-corrected chi connectivity index (χ3v) is 5.64. The van der Waals surface area contributed by atoms with Crippen LogP contribution in [0.2, 0.25) is 0 Å². The van der Waals surface area contributed by atoms with E-state index in [9.17, 15) is 19.5 Å². The van der Waals surface area contributed by atoms with Gasteiger partial charge >= 0.3 is 11.9 Å². The van der Waals surface area contributed by atoms with Crippen LogP contribution in [0.1, 0.15) is 53.6 Å². The number of aromatic nitrogens is 2. The maximum absolute atomic E-state index is 13.3. The second-order valence-electron chi connectivity index (χ2n) is 8.61. The van der Waals surface area contributed by atoms with Gasteiger partial charge in [0.1, 0.15) is 0 Å². The summed E-state index contributed by atoms with van der Waals surface area (Å²) in [6, 6.07) is 17.8. The highest BCUT2D eigenvalue weighted by atomic mass is 16.5. The molecule has 178 valence electrons. The molecular formula is C26H29N3O5. The highest BCUT2D eigenvalue weighted by molar-refractivity contribution is 6.03. The van der Waals surface area contributed by atoms with Crippen LogP contribution in [0.15, 0.2) is 60.8 Å². The summed E-state index contributed by atoms with van der Waals surface area (Å²) < 4.78 is 5.16. The van der Waals surface area contributed by atoms with Crippen LogP contribution >= 0.6 is 0 Å². The zero-order valence-corrected chi connectivity index (χ0v) is 19.6. The van der Waals surface area contributed by atoms with Crippen molar-refractivity contribution in [1.29, 1.82) is 0 Å². The number of carbonyl (C=O) groups is 3. The lowest BCUT2D eigenvalue weighted by Gasteiger charge is -2.28. The standard InChI is InChI=1S/C26H29N3O5/c1-4-34-25(33)26(2,3)14-15-29(23(30)21-16-27-28-22(21)24(31)32)17-18-10-12-20(13-11-18)19-8-6-5-7-9-19/h5-13,16H,4,14-15,17H2,1-3H3,(H,27,28)(H,31,32). The summed E-state index contributed by atoms with van der Waals surface area (Å²) in [6.07, 6.45) is 1.56. The van der Waals surface area contributed by atoms with Gasteiger partial charge in [-0.05, 0) is 43.9 Å². The van der Waals surface area contributed by atoms with E-state index in [-0.39, 0.29) is 36.9 Å². The molecule has 0 atom stereocenters. The number of H-pyrrole nitrogens is 1. The quantitative estimate of drug-likeness (QED) is 0.431. The van der Waals surface area contributed by atoms with Crippen molar-refractivity contribution >= 4 is 17.8 Å². The Morgan fingerprint density at radius 2 is 1.68 bits per heavy atom. The van der Waals surface area contributed by atoms with Crippen molar-refractivity contribution in [3.63, 3.8) is 0 Å². The van der Waals surface area contributed by atoms with Gasteiger partial charge in [0.2, 0.25) is 0 Å². The summed E-state index contributed by atoms with van der Waals surface area (Å²) in [4.78, 5) is 38.7. The fourth-order valence-electron chi connectivity index (χ4n) is 3.53. The zero-order valence-electron chi connectivity index (χ0n) is 19.6. The number of esters is 1. The molecule has 2 aromatic carbocycles. The van der Waals surface area contributed by atoms with Gasteiger partial charge in [0.05, 0.1) is 23.8 Å². The molecule has 0 aliphatic heterocycles. The van der Waals surface area contributed by atoms with Crippen molar-refractivity contribution in [1.82, 2.24) is 15.1 Å². The molecule has 3 aromatic rings. The lowest BCUT2D eigenvalue weighted by atomic mass is 9.89. The second kappa shape index (κ2) is 10.8. The SMILES string of the molecule is CCOC(=O)C(C)(C)CCN(Cc1ccc(-c2ccccc2)cc1)C(=O)c1cn[nH]c1C(=O)O. The first-order valence-corrected chi connectivity index (χ1v) is 11.1. The number of carboxylic acid groups (broad SMARTS) is 1. The van der Waals surface area contributed by atoms with Gasteiger partial charge in [-0.3, -0.25) is 14.7 Å². The summed E-state index contributed by atoms with van der Waals surface area (Å²) >= 11 is 0. The van der Waals surface area contributed by atoms with Crippen molar-refractivity contribution in [2.45, 2.75) is 33.7 Å². The molecule has 0 saturated heterocycles. The molecule has 3 rings (SSSR count). The van der Waals surface area contributed by atoms with Gasteiger partial charge < -0.3 is 14.7 Å². The molecule has 1 heterocycles. The van der Waals surface area contributed by atoms with Gasteiger partial charge in [-0.1, -0.05) is 54.6 Å². The van der Waals surface area contributed by atoms with E-state index in [4.69, 9.17) is 4.74 Å². The Balaban J connectivity index is 1.84. The van der Waals surface area contributed by atoms with Crippen LogP contribution in [0.3, 0.4) is 0 Å². The van der Waals surface area contributed by atoms with E-state index < -0.39 is 17.3 Å². The fraction of sp³-hybridized carbons (Fsp3) is 0.308. The Bertz CT molecular complexity index is 1140. The molecule has 34 heavy (non-hydrogen) atoms. The Hall–Kier alpha value is -3.94. The maximum Gasteiger partial charge on any atom is 0.354 e. The average molecular weight is 464 g/mol. The third-order valence-electron chi connectivity index (χ3n) is 5.64. The van der Waals surface area contributed by atoms with E-state index >= 15 is 0 Å². The number of rotatable bonds is 10. The van der Waals surface area contributed by atoms with E-state index in [1.807, 2.05) is 54.6 Å². The fourth-order valence-corrected chi connectivity index (χ4v) is 3.53. The first kappa shape index (κ1) is 24.7. The topological polar surface area (TPSA) is 113 Å². The predicted molar refractivity (Wildman–Crippen MR) is 127 cm³/mol. The molecule has 0 bridgehead atoms. The molecule has 0 fully saturated rings. The summed E-state index contributed by atoms with van der Waals surface area (Å²) in [5, 5.41) is 15.5. The smallest absolute Gasteiger partial charge is 0.354 e. The first-order valence-electron chi connectivity index (χ1n) is 11.1. The Morgan fingerprint density at radius 1 is 1.03 bits per heavy atom. The molecular weight excluding hydrogens is 434 g/mol. The van der Waals surface area contributed by atoms with Crippen molar-refractivity contribution in [3.05, 3.63) is 77.6 Å². The number of aromatic amines is 1. The van der Waals surface area contributed by atoms with Crippen LogP contribution in [0.5, 0.6) is 0 Å². The molecule has 8 nitrogen and oxygen atoms in total. The minimum Gasteiger partial charge on any atom is -0.477 e. The van der Waals surface area contributed by atoms with Gasteiger partial charge in [-0.25, -0.2) is 4.79 Å². The first-order chi connectivity index (χ1) is 16.2. The van der Waals surface area contributed by atoms with Crippen LogP contribution in [0, 0.1) is 5.41 Å². The molecule has 1 amide bonds. The number of carbonyl (C=O) groups excluding carboxylic acids is 2. The minimum atomic E-state index is -1.26. The van der Waals surface area contributed by atoms with Crippen molar-refractivity contribution in [3.8, 4) is 11.1 Å². The van der Waals surface area contributed by atoms with Crippen LogP contribution in [0.4, 0.5) is 0 Å². The summed E-state index contributed by atoms with van der Waals surface area (Å²) in [7, 11) is 0. The van der Waals surface area contributed by atoms with Gasteiger partial charge in [-0.2, -0.15) is 5.10 Å². The lowest BCUT2D eigenvalue weighted by molar-refractivity contribution is -0.153. The van der Waals surface area contributed by atoms with Crippen LogP contribution in [-0.2, 0) is 16.1 Å². The number of nitrogens with one attached hydrogen (secondary N) is 1. The van der Waals surface area contributed by atoms with E-state index in [2.05, 4.69) is 10.2 Å². The van der Waals surface area contributed by atoms with Gasteiger partial charge in [0.15, 0.2) is 5.69 Å². The number of aromatic carboxylic acids is 1. The Morgan fingerprint density at radius 3 is 2.29 bits per heavy atom. The molecule has 1 aromatic heterocycles. The van der Waals surface area contributed by atoms with Crippen molar-refractivity contribution in [2.75, 3.05) is 13.2 Å². The number of carboxylic acids is 1. The Labute approximate surface area is 198 Å². The molecule has 0 unspecified atom stereocenters. The number of hydrogen-bond acceptors (Lipinski definition) is 5. The van der Waals surface area contributed by atoms with Gasteiger partial charge in [0.25, 0.3) is 5.91 Å². The molecule has 0 spiro atoms. The van der Waals surface area contributed by atoms with E-state index in [1.165, 1.54) is 11.1 Å². The summed E-state index contributed by atoms with van der Waals surface area (Å²) in [5.74, 6) is -2.08. The predicted octanol–water partition coefficient (Wildman–Crippen LogP) is 4.40. The zero-order chi connectivity index (χ0) is 24.7. The number of hydrogen-bond donors (Lipinski definition) is 2.